The topological polar surface area (TPSA) is 109 Å². The Kier molecular flexibility index (Phi) is 6.54. The average Bonchev–Trinajstić information content (AvgIpc) is 3.14. The van der Waals surface area contributed by atoms with Gasteiger partial charge < -0.3 is 20.2 Å². The first-order valence-electron chi connectivity index (χ1n) is 8.33. The predicted octanol–water partition coefficient (Wildman–Crippen LogP) is 2.09. The molecule has 1 unspecified atom stereocenters. The number of carboxylic acids is 1. The molecule has 0 saturated carbocycles. The summed E-state index contributed by atoms with van der Waals surface area (Å²) in [5.41, 5.74) is 1.13. The number of hydrogen-bond donors (Lipinski definition) is 3. The second-order valence-electron chi connectivity index (χ2n) is 6.22. The third-order valence-corrected chi connectivity index (χ3v) is 3.89. The van der Waals surface area contributed by atoms with E-state index in [9.17, 15) is 14.4 Å². The lowest BCUT2D eigenvalue weighted by Gasteiger charge is -2.21. The highest BCUT2D eigenvalue weighted by molar-refractivity contribution is 5.95. The Labute approximate surface area is 151 Å². The van der Waals surface area contributed by atoms with Gasteiger partial charge in [-0.25, -0.2) is 4.79 Å². The zero-order chi connectivity index (χ0) is 19.1. The number of aromatic carboxylic acids is 1. The van der Waals surface area contributed by atoms with Crippen molar-refractivity contribution in [3.8, 4) is 0 Å². The van der Waals surface area contributed by atoms with E-state index in [1.165, 1.54) is 24.5 Å². The lowest BCUT2D eigenvalue weighted by atomic mass is 10.0. The normalized spacial score (nSPS) is 11.8. The minimum atomic E-state index is -0.975. The van der Waals surface area contributed by atoms with Crippen LogP contribution in [0.4, 0.5) is 0 Å². The van der Waals surface area contributed by atoms with Gasteiger partial charge in [0.15, 0.2) is 5.76 Å². The van der Waals surface area contributed by atoms with Crippen LogP contribution in [0.3, 0.4) is 0 Å². The van der Waals surface area contributed by atoms with Gasteiger partial charge in [0.25, 0.3) is 5.91 Å². The molecule has 0 aliphatic rings. The van der Waals surface area contributed by atoms with Gasteiger partial charge in [0.2, 0.25) is 5.91 Å². The summed E-state index contributed by atoms with van der Waals surface area (Å²) >= 11 is 0. The number of hydrogen-bond acceptors (Lipinski definition) is 4. The highest BCUT2D eigenvalue weighted by Gasteiger charge is 2.25. The fourth-order valence-corrected chi connectivity index (χ4v) is 2.41. The summed E-state index contributed by atoms with van der Waals surface area (Å²) in [5, 5.41) is 14.4. The van der Waals surface area contributed by atoms with Gasteiger partial charge in [0.1, 0.15) is 6.04 Å². The number of carbonyl (C=O) groups is 3. The number of amides is 2. The fraction of sp³-hybridized carbons (Fsp3) is 0.316. The van der Waals surface area contributed by atoms with Gasteiger partial charge in [0.05, 0.1) is 11.8 Å². The summed E-state index contributed by atoms with van der Waals surface area (Å²) in [7, 11) is 0. The molecule has 3 N–H and O–H groups in total. The molecular formula is C19H22N2O5. The summed E-state index contributed by atoms with van der Waals surface area (Å²) in [4.78, 5) is 35.3. The molecule has 2 aromatic rings. The van der Waals surface area contributed by atoms with E-state index in [1.807, 2.05) is 13.8 Å². The standard InChI is InChI=1S/C19H22N2O5/c1-12(2)16(21-17(22)15-4-3-11-26-15)18(23)20-10-9-13-5-7-14(8-6-13)19(24)25/h3-8,11-12,16H,9-10H2,1-2H3,(H,20,23)(H,21,22)(H,24,25). The van der Waals surface area contributed by atoms with Crippen LogP contribution in [0.15, 0.2) is 47.1 Å². The molecule has 0 spiro atoms. The maximum Gasteiger partial charge on any atom is 0.335 e. The molecule has 0 saturated heterocycles. The van der Waals surface area contributed by atoms with Crippen LogP contribution in [-0.2, 0) is 11.2 Å². The van der Waals surface area contributed by atoms with Crippen LogP contribution < -0.4 is 10.6 Å². The van der Waals surface area contributed by atoms with E-state index in [4.69, 9.17) is 9.52 Å². The molecule has 138 valence electrons. The third-order valence-electron chi connectivity index (χ3n) is 3.89. The molecule has 2 amide bonds. The van der Waals surface area contributed by atoms with E-state index in [0.717, 1.165) is 5.56 Å². The quantitative estimate of drug-likeness (QED) is 0.669. The van der Waals surface area contributed by atoms with Crippen molar-refractivity contribution in [1.29, 1.82) is 0 Å². The smallest absolute Gasteiger partial charge is 0.335 e. The van der Waals surface area contributed by atoms with Gasteiger partial charge in [-0.15, -0.1) is 0 Å². The van der Waals surface area contributed by atoms with E-state index < -0.39 is 17.9 Å². The van der Waals surface area contributed by atoms with Gasteiger partial charge in [-0.2, -0.15) is 0 Å². The van der Waals surface area contributed by atoms with Crippen molar-refractivity contribution in [3.05, 3.63) is 59.5 Å². The summed E-state index contributed by atoms with van der Waals surface area (Å²) < 4.78 is 5.04. The molecular weight excluding hydrogens is 336 g/mol. The van der Waals surface area contributed by atoms with E-state index in [1.54, 1.807) is 18.2 Å². The molecule has 1 heterocycles. The number of rotatable bonds is 8. The van der Waals surface area contributed by atoms with Gasteiger partial charge in [-0.05, 0) is 42.2 Å². The van der Waals surface area contributed by atoms with Crippen LogP contribution in [-0.4, -0.2) is 35.5 Å². The van der Waals surface area contributed by atoms with Gasteiger partial charge in [-0.1, -0.05) is 26.0 Å². The molecule has 0 radical (unpaired) electrons. The van der Waals surface area contributed by atoms with Crippen molar-refractivity contribution in [2.45, 2.75) is 26.3 Å². The summed E-state index contributed by atoms with van der Waals surface area (Å²) in [6.45, 7) is 4.07. The van der Waals surface area contributed by atoms with E-state index in [-0.39, 0.29) is 23.1 Å². The average molecular weight is 358 g/mol. The Morgan fingerprint density at radius 1 is 1.12 bits per heavy atom. The molecule has 0 fully saturated rings. The van der Waals surface area contributed by atoms with E-state index >= 15 is 0 Å². The van der Waals surface area contributed by atoms with Crippen LogP contribution in [0.1, 0.15) is 40.3 Å². The predicted molar refractivity (Wildman–Crippen MR) is 94.9 cm³/mol. The van der Waals surface area contributed by atoms with Crippen molar-refractivity contribution in [1.82, 2.24) is 10.6 Å². The van der Waals surface area contributed by atoms with E-state index in [2.05, 4.69) is 10.6 Å². The molecule has 0 bridgehead atoms. The molecule has 0 aliphatic carbocycles. The van der Waals surface area contributed by atoms with Gasteiger partial charge in [0, 0.05) is 6.54 Å². The second-order valence-corrected chi connectivity index (χ2v) is 6.22. The number of carbonyl (C=O) groups excluding carboxylic acids is 2. The number of carboxylic acid groups (broad SMARTS) is 1. The van der Waals surface area contributed by atoms with Crippen LogP contribution in [0.2, 0.25) is 0 Å². The first kappa shape index (κ1) is 19.2. The largest absolute Gasteiger partial charge is 0.478 e. The van der Waals surface area contributed by atoms with Crippen molar-refractivity contribution in [3.63, 3.8) is 0 Å². The fourth-order valence-electron chi connectivity index (χ4n) is 2.41. The first-order chi connectivity index (χ1) is 12.4. The Morgan fingerprint density at radius 2 is 1.81 bits per heavy atom. The summed E-state index contributed by atoms with van der Waals surface area (Å²) in [6, 6.07) is 8.95. The van der Waals surface area contributed by atoms with Crippen molar-refractivity contribution in [2.75, 3.05) is 6.54 Å². The molecule has 2 rings (SSSR count). The van der Waals surface area contributed by atoms with E-state index in [0.29, 0.717) is 13.0 Å². The highest BCUT2D eigenvalue weighted by Crippen LogP contribution is 2.07. The van der Waals surface area contributed by atoms with Crippen LogP contribution in [0.25, 0.3) is 0 Å². The van der Waals surface area contributed by atoms with Crippen LogP contribution >= 0.6 is 0 Å². The third kappa shape index (κ3) is 5.20. The van der Waals surface area contributed by atoms with Gasteiger partial charge >= 0.3 is 5.97 Å². The zero-order valence-electron chi connectivity index (χ0n) is 14.7. The Morgan fingerprint density at radius 3 is 2.35 bits per heavy atom. The molecule has 7 heteroatoms. The lowest BCUT2D eigenvalue weighted by Crippen LogP contribution is -2.50. The number of benzene rings is 1. The molecule has 1 atom stereocenters. The van der Waals surface area contributed by atoms with Crippen LogP contribution in [0, 0.1) is 5.92 Å². The Balaban J connectivity index is 1.87. The lowest BCUT2D eigenvalue weighted by molar-refractivity contribution is -0.123. The first-order valence-corrected chi connectivity index (χ1v) is 8.33. The Hall–Kier alpha value is -3.09. The van der Waals surface area contributed by atoms with Crippen molar-refractivity contribution >= 4 is 17.8 Å². The second kappa shape index (κ2) is 8.84. The summed E-state index contributed by atoms with van der Waals surface area (Å²) in [6.07, 6.45) is 1.96. The van der Waals surface area contributed by atoms with Crippen LogP contribution in [0.5, 0.6) is 0 Å². The Bertz CT molecular complexity index is 751. The highest BCUT2D eigenvalue weighted by atomic mass is 16.4. The summed E-state index contributed by atoms with van der Waals surface area (Å²) in [5.74, 6) is -1.63. The molecule has 26 heavy (non-hydrogen) atoms. The monoisotopic (exact) mass is 358 g/mol. The number of nitrogens with one attached hydrogen (secondary N) is 2. The zero-order valence-corrected chi connectivity index (χ0v) is 14.7. The van der Waals surface area contributed by atoms with Gasteiger partial charge in [-0.3, -0.25) is 9.59 Å². The SMILES string of the molecule is CC(C)C(NC(=O)c1ccco1)C(=O)NCCc1ccc(C(=O)O)cc1. The van der Waals surface area contributed by atoms with Crippen molar-refractivity contribution in [2.24, 2.45) is 5.92 Å². The maximum atomic E-state index is 12.4. The minimum Gasteiger partial charge on any atom is -0.478 e. The molecule has 1 aromatic carbocycles. The molecule has 7 nitrogen and oxygen atoms in total. The maximum absolute atomic E-state index is 12.4. The minimum absolute atomic E-state index is 0.0937. The number of furan rings is 1. The van der Waals surface area contributed by atoms with Crippen molar-refractivity contribution < 1.29 is 23.9 Å². The molecule has 0 aliphatic heterocycles. The molecule has 1 aromatic heterocycles.